The minimum absolute atomic E-state index is 0.179. The van der Waals surface area contributed by atoms with E-state index < -0.39 is 0 Å². The fraction of sp³-hybridized carbons (Fsp3) is 0.423. The van der Waals surface area contributed by atoms with Crippen molar-refractivity contribution in [1.29, 1.82) is 5.41 Å². The molecule has 31 heavy (non-hydrogen) atoms. The number of benzene rings is 1. The smallest absolute Gasteiger partial charge is 0.130 e. The highest BCUT2D eigenvalue weighted by Gasteiger charge is 2.12. The summed E-state index contributed by atoms with van der Waals surface area (Å²) < 4.78 is 13.3. The van der Waals surface area contributed by atoms with Crippen molar-refractivity contribution in [3.8, 4) is 11.1 Å². The van der Waals surface area contributed by atoms with Gasteiger partial charge in [0.25, 0.3) is 0 Å². The first kappa shape index (κ1) is 31.4. The molecule has 5 heteroatoms. The third-order valence-electron chi connectivity index (χ3n) is 3.92. The number of rotatable bonds is 4. The lowest BCUT2D eigenvalue weighted by molar-refractivity contribution is 0.613. The van der Waals surface area contributed by atoms with Gasteiger partial charge >= 0.3 is 0 Å². The minimum atomic E-state index is -0.179. The van der Waals surface area contributed by atoms with Gasteiger partial charge in [0.2, 0.25) is 0 Å². The van der Waals surface area contributed by atoms with Gasteiger partial charge in [0.1, 0.15) is 5.82 Å². The average molecular weight is 465 g/mol. The molecule has 0 bridgehead atoms. The van der Waals surface area contributed by atoms with Gasteiger partial charge in [0, 0.05) is 29.2 Å². The summed E-state index contributed by atoms with van der Waals surface area (Å²) in [6.45, 7) is 19.4. The van der Waals surface area contributed by atoms with E-state index in [9.17, 15) is 4.39 Å². The molecule has 1 aromatic heterocycles. The van der Waals surface area contributed by atoms with Crippen LogP contribution in [0.15, 0.2) is 49.6 Å². The van der Waals surface area contributed by atoms with Crippen molar-refractivity contribution in [2.24, 2.45) is 0 Å². The van der Waals surface area contributed by atoms with Gasteiger partial charge in [-0.05, 0) is 62.4 Å². The molecule has 0 aliphatic rings. The lowest BCUT2D eigenvalue weighted by Gasteiger charge is -2.06. The maximum absolute atomic E-state index is 13.3. The van der Waals surface area contributed by atoms with E-state index in [0.29, 0.717) is 17.1 Å². The van der Waals surface area contributed by atoms with Gasteiger partial charge in [0.05, 0.1) is 5.84 Å². The van der Waals surface area contributed by atoms with Gasteiger partial charge in [-0.1, -0.05) is 45.4 Å². The summed E-state index contributed by atoms with van der Waals surface area (Å²) in [6.07, 6.45) is 5.94. The highest BCUT2D eigenvalue weighted by Crippen LogP contribution is 2.35. The van der Waals surface area contributed by atoms with Gasteiger partial charge in [-0.2, -0.15) is 0 Å². The Kier molecular flexibility index (Phi) is 18.1. The molecule has 0 aliphatic carbocycles. The summed E-state index contributed by atoms with van der Waals surface area (Å²) in [4.78, 5) is 4.39. The van der Waals surface area contributed by atoms with Crippen molar-refractivity contribution in [2.75, 3.05) is 14.1 Å². The Morgan fingerprint density at radius 1 is 1.26 bits per heavy atom. The first-order chi connectivity index (χ1) is 14.5. The summed E-state index contributed by atoms with van der Waals surface area (Å²) >= 11 is 1.82. The summed E-state index contributed by atoms with van der Waals surface area (Å²) in [5.74, 6) is 0.905. The SMILES string of the molecule is C=CC.C=CCC(C)c1cc(-c2ccc(F)c(P)c2)c(C)s1.CC(=N)N(C)C.CCC. The Labute approximate surface area is 197 Å². The van der Waals surface area contributed by atoms with Gasteiger partial charge in [-0.25, -0.2) is 4.39 Å². The molecule has 0 amide bonds. The number of amidine groups is 1. The molecule has 1 aromatic carbocycles. The number of nitrogens with one attached hydrogen (secondary N) is 1. The zero-order valence-corrected chi connectivity index (χ0v) is 22.7. The lowest BCUT2D eigenvalue weighted by Crippen LogP contribution is -2.16. The van der Waals surface area contributed by atoms with Crippen LogP contribution in [0.2, 0.25) is 0 Å². The first-order valence-electron chi connectivity index (χ1n) is 10.6. The molecular weight excluding hydrogens is 422 g/mol. The van der Waals surface area contributed by atoms with Crippen molar-refractivity contribution in [3.63, 3.8) is 0 Å². The Balaban J connectivity index is 0. The van der Waals surface area contributed by atoms with E-state index in [1.54, 1.807) is 17.9 Å². The fourth-order valence-corrected chi connectivity index (χ4v) is 3.50. The van der Waals surface area contributed by atoms with Crippen LogP contribution >= 0.6 is 20.6 Å². The minimum Gasteiger partial charge on any atom is -0.367 e. The second-order valence-electron chi connectivity index (χ2n) is 7.38. The van der Waals surface area contributed by atoms with E-state index in [1.807, 2.05) is 50.6 Å². The molecular formula is C26H42FN2PS. The van der Waals surface area contributed by atoms with Crippen molar-refractivity contribution in [3.05, 3.63) is 65.1 Å². The van der Waals surface area contributed by atoms with Crippen LogP contribution < -0.4 is 5.30 Å². The monoisotopic (exact) mass is 464 g/mol. The highest BCUT2D eigenvalue weighted by atomic mass is 32.1. The predicted molar refractivity (Wildman–Crippen MR) is 146 cm³/mol. The molecule has 2 nitrogen and oxygen atoms in total. The first-order valence-corrected chi connectivity index (χ1v) is 12.0. The molecule has 0 saturated heterocycles. The van der Waals surface area contributed by atoms with E-state index in [0.717, 1.165) is 12.0 Å². The van der Waals surface area contributed by atoms with Gasteiger partial charge in [0.15, 0.2) is 0 Å². The predicted octanol–water partition coefficient (Wildman–Crippen LogP) is 8.20. The van der Waals surface area contributed by atoms with Crippen molar-refractivity contribution in [1.82, 2.24) is 4.90 Å². The normalized spacial score (nSPS) is 10.1. The van der Waals surface area contributed by atoms with E-state index in [-0.39, 0.29) is 5.82 Å². The molecule has 2 rings (SSSR count). The maximum atomic E-state index is 13.3. The topological polar surface area (TPSA) is 27.1 Å². The van der Waals surface area contributed by atoms with Crippen molar-refractivity contribution >= 4 is 31.7 Å². The Hall–Kier alpha value is -1.77. The maximum Gasteiger partial charge on any atom is 0.130 e. The van der Waals surface area contributed by atoms with Crippen LogP contribution in [0.3, 0.4) is 0 Å². The molecule has 1 N–H and O–H groups in total. The summed E-state index contributed by atoms with van der Waals surface area (Å²) in [7, 11) is 6.14. The van der Waals surface area contributed by atoms with Crippen LogP contribution in [-0.4, -0.2) is 24.8 Å². The summed E-state index contributed by atoms with van der Waals surface area (Å²) in [5, 5.41) is 7.49. The van der Waals surface area contributed by atoms with E-state index in [2.05, 4.69) is 56.2 Å². The fourth-order valence-electron chi connectivity index (χ4n) is 2.11. The van der Waals surface area contributed by atoms with Crippen LogP contribution in [0.1, 0.15) is 63.1 Å². The van der Waals surface area contributed by atoms with Crippen molar-refractivity contribution in [2.45, 2.75) is 60.3 Å². The molecule has 2 unspecified atom stereocenters. The van der Waals surface area contributed by atoms with Crippen LogP contribution in [0.5, 0.6) is 0 Å². The molecule has 1 heterocycles. The number of nitrogens with zero attached hydrogens (tertiary/aromatic N) is 1. The summed E-state index contributed by atoms with van der Waals surface area (Å²) in [6, 6.07) is 7.49. The van der Waals surface area contributed by atoms with Gasteiger partial charge < -0.3 is 4.90 Å². The lowest BCUT2D eigenvalue weighted by atomic mass is 10.0. The Bertz CT molecular complexity index is 797. The second-order valence-corrected chi connectivity index (χ2v) is 9.29. The third kappa shape index (κ3) is 13.3. The molecule has 2 aromatic rings. The number of thiophene rings is 1. The standard InChI is InChI=1S/C16H18FPS.C4H10N2.C3H8.C3H6/c1-4-5-10(2)16-9-13(11(3)19-16)12-6-7-14(17)15(18)8-12;1-4(5)6(2)3;2*1-3-2/h4,6-10H,1,5,18H2,2-3H3;5H,1-3H3;3H2,1-2H3;3H,1H2,2H3. The van der Waals surface area contributed by atoms with Gasteiger partial charge in [-0.3, -0.25) is 5.41 Å². The van der Waals surface area contributed by atoms with Crippen LogP contribution in [0, 0.1) is 18.2 Å². The molecule has 0 saturated carbocycles. The Morgan fingerprint density at radius 2 is 1.74 bits per heavy atom. The van der Waals surface area contributed by atoms with Crippen LogP contribution in [0.25, 0.3) is 11.1 Å². The largest absolute Gasteiger partial charge is 0.367 e. The van der Waals surface area contributed by atoms with E-state index in [4.69, 9.17) is 5.41 Å². The number of hydrogen-bond donors (Lipinski definition) is 1. The molecule has 0 fully saturated rings. The molecule has 0 spiro atoms. The molecule has 174 valence electrons. The van der Waals surface area contributed by atoms with Crippen LogP contribution in [0.4, 0.5) is 4.39 Å². The third-order valence-corrected chi connectivity index (χ3v) is 5.65. The number of halogens is 1. The van der Waals surface area contributed by atoms with Crippen LogP contribution in [-0.2, 0) is 0 Å². The van der Waals surface area contributed by atoms with Gasteiger partial charge in [-0.15, -0.1) is 33.7 Å². The highest BCUT2D eigenvalue weighted by molar-refractivity contribution is 7.27. The summed E-state index contributed by atoms with van der Waals surface area (Å²) in [5.41, 5.74) is 2.29. The van der Waals surface area contributed by atoms with E-state index >= 15 is 0 Å². The molecule has 0 radical (unpaired) electrons. The molecule has 0 aliphatic heterocycles. The number of hydrogen-bond acceptors (Lipinski definition) is 2. The zero-order chi connectivity index (χ0) is 24.6. The number of aryl methyl sites for hydroxylation is 1. The molecule has 2 atom stereocenters. The Morgan fingerprint density at radius 3 is 2.13 bits per heavy atom. The van der Waals surface area contributed by atoms with Crippen molar-refractivity contribution < 1.29 is 4.39 Å². The average Bonchev–Trinajstić information content (AvgIpc) is 3.08. The van der Waals surface area contributed by atoms with E-state index in [1.165, 1.54) is 27.8 Å². The zero-order valence-electron chi connectivity index (χ0n) is 20.7. The quantitative estimate of drug-likeness (QED) is 0.210. The number of allylic oxidation sites excluding steroid dienone is 2. The second kappa shape index (κ2) is 17.9.